The van der Waals surface area contributed by atoms with Crippen LogP contribution >= 0.6 is 0 Å². The van der Waals surface area contributed by atoms with Crippen LogP contribution in [0.4, 0.5) is 8.78 Å². The second-order valence-corrected chi connectivity index (χ2v) is 9.07. The number of halogens is 2. The van der Waals surface area contributed by atoms with Gasteiger partial charge < -0.3 is 9.88 Å². The number of carbonyl (C=O) groups excluding carboxylic acids is 1. The molecule has 1 amide bonds. The molecule has 1 aliphatic carbocycles. The molecule has 4 aromatic rings. The highest BCUT2D eigenvalue weighted by molar-refractivity contribution is 5.94. The van der Waals surface area contributed by atoms with Gasteiger partial charge in [-0.2, -0.15) is 5.10 Å². The van der Waals surface area contributed by atoms with Crippen molar-refractivity contribution >= 4 is 11.6 Å². The molecule has 0 bridgehead atoms. The number of carbonyl (C=O) groups is 1. The number of fused-ring (bicyclic) bond motifs is 1. The molecule has 1 aromatic carbocycles. The maximum atomic E-state index is 13.5. The van der Waals surface area contributed by atoms with E-state index in [0.717, 1.165) is 17.5 Å². The molecule has 2 atom stereocenters. The van der Waals surface area contributed by atoms with E-state index in [-0.39, 0.29) is 36.3 Å². The number of rotatable bonds is 4. The van der Waals surface area contributed by atoms with Crippen molar-refractivity contribution in [2.24, 2.45) is 0 Å². The highest BCUT2D eigenvalue weighted by Gasteiger charge is 2.42. The first-order valence-electron chi connectivity index (χ1n) is 11.2. The van der Waals surface area contributed by atoms with Crippen LogP contribution in [0.3, 0.4) is 0 Å². The molecule has 11 heteroatoms. The molecular formula is C24H20F2N6O3. The number of alkyl halides is 2. The Kier molecular flexibility index (Phi) is 4.70. The molecule has 0 unspecified atom stereocenters. The quantitative estimate of drug-likeness (QED) is 0.468. The standard InChI is InChI=1S/C24H20F2N6O3/c25-24(26)5-7-31(12-24)22(34)14-3-1-13(2-4-14)15-9-16(15)17-10-19(30-32-8-6-27-20(17)32)18-11-28-23(35)29-21(18)33/h1-4,6,8,10-11,15-16H,5,7,9,12H2,(H2,28,29,33,35)/t15-,16+/m1/s1. The first-order valence-corrected chi connectivity index (χ1v) is 11.2. The zero-order chi connectivity index (χ0) is 24.3. The lowest BCUT2D eigenvalue weighted by molar-refractivity contribution is 0.0120. The van der Waals surface area contributed by atoms with E-state index in [4.69, 9.17) is 0 Å². The lowest BCUT2D eigenvalue weighted by Crippen LogP contribution is -2.31. The molecule has 2 fully saturated rings. The lowest BCUT2D eigenvalue weighted by Gasteiger charge is -2.16. The van der Waals surface area contributed by atoms with Gasteiger partial charge in [-0.25, -0.2) is 23.1 Å². The summed E-state index contributed by atoms with van der Waals surface area (Å²) in [4.78, 5) is 46.6. The largest absolute Gasteiger partial charge is 0.332 e. The van der Waals surface area contributed by atoms with Crippen molar-refractivity contribution in [3.63, 3.8) is 0 Å². The number of amides is 1. The topological polar surface area (TPSA) is 116 Å². The third kappa shape index (κ3) is 3.82. The first-order chi connectivity index (χ1) is 16.8. The van der Waals surface area contributed by atoms with Crippen LogP contribution in [0.1, 0.15) is 46.2 Å². The zero-order valence-electron chi connectivity index (χ0n) is 18.4. The van der Waals surface area contributed by atoms with Crippen molar-refractivity contribution in [1.82, 2.24) is 29.5 Å². The smallest absolute Gasteiger partial charge is 0.325 e. The normalized spacial score (nSPS) is 20.9. The summed E-state index contributed by atoms with van der Waals surface area (Å²) >= 11 is 0. The number of aromatic amines is 2. The van der Waals surface area contributed by atoms with Gasteiger partial charge in [0, 0.05) is 42.7 Å². The Morgan fingerprint density at radius 1 is 1.14 bits per heavy atom. The van der Waals surface area contributed by atoms with Crippen LogP contribution in [0.5, 0.6) is 0 Å². The van der Waals surface area contributed by atoms with Gasteiger partial charge in [-0.1, -0.05) is 12.1 Å². The maximum absolute atomic E-state index is 13.5. The molecule has 9 nitrogen and oxygen atoms in total. The van der Waals surface area contributed by atoms with Crippen LogP contribution in [0.15, 0.2) is 58.5 Å². The van der Waals surface area contributed by atoms with Crippen LogP contribution in [-0.2, 0) is 0 Å². The summed E-state index contributed by atoms with van der Waals surface area (Å²) < 4.78 is 28.6. The summed E-state index contributed by atoms with van der Waals surface area (Å²) in [5.74, 6) is -2.90. The molecule has 2 N–H and O–H groups in total. The zero-order valence-corrected chi connectivity index (χ0v) is 18.4. The minimum Gasteiger partial charge on any atom is -0.332 e. The Morgan fingerprint density at radius 3 is 2.66 bits per heavy atom. The fourth-order valence-electron chi connectivity index (χ4n) is 4.82. The number of H-pyrrole nitrogens is 2. The number of nitrogens with one attached hydrogen (secondary N) is 2. The van der Waals surface area contributed by atoms with E-state index in [1.165, 1.54) is 11.1 Å². The first kappa shape index (κ1) is 21.4. The van der Waals surface area contributed by atoms with Gasteiger partial charge in [-0.05, 0) is 42.0 Å². The molecule has 1 saturated carbocycles. The second-order valence-electron chi connectivity index (χ2n) is 9.07. The predicted octanol–water partition coefficient (Wildman–Crippen LogP) is 2.53. The third-order valence-corrected chi connectivity index (χ3v) is 6.72. The molecule has 2 aliphatic rings. The fraction of sp³-hybridized carbons (Fsp3) is 0.292. The molecular weight excluding hydrogens is 458 g/mol. The monoisotopic (exact) mass is 478 g/mol. The number of nitrogens with zero attached hydrogens (tertiary/aromatic N) is 4. The van der Waals surface area contributed by atoms with Crippen LogP contribution in [0.25, 0.3) is 16.9 Å². The Hall–Kier alpha value is -4.15. The summed E-state index contributed by atoms with van der Waals surface area (Å²) in [6.45, 7) is -0.484. The SMILES string of the molecule is O=C(c1ccc([C@H]2C[C@@H]2c2cc(-c3c[nH]c(=O)[nH]c3=O)nn3ccnc23)cc1)N1CCC(F)(F)C1. The van der Waals surface area contributed by atoms with Gasteiger partial charge in [0.05, 0.1) is 17.8 Å². The Labute approximate surface area is 196 Å². The molecule has 1 saturated heterocycles. The van der Waals surface area contributed by atoms with Crippen molar-refractivity contribution in [2.75, 3.05) is 13.1 Å². The summed E-state index contributed by atoms with van der Waals surface area (Å²) in [7, 11) is 0. The van der Waals surface area contributed by atoms with Crippen molar-refractivity contribution in [2.45, 2.75) is 30.6 Å². The van der Waals surface area contributed by atoms with Gasteiger partial charge in [0.25, 0.3) is 17.4 Å². The highest BCUT2D eigenvalue weighted by atomic mass is 19.3. The van der Waals surface area contributed by atoms with Gasteiger partial charge in [0.2, 0.25) is 0 Å². The highest BCUT2D eigenvalue weighted by Crippen LogP contribution is 2.55. The second kappa shape index (κ2) is 7.69. The van der Waals surface area contributed by atoms with Crippen molar-refractivity contribution in [1.29, 1.82) is 0 Å². The summed E-state index contributed by atoms with van der Waals surface area (Å²) in [5, 5.41) is 4.46. The van der Waals surface area contributed by atoms with Gasteiger partial charge in [0.1, 0.15) is 0 Å². The fourth-order valence-corrected chi connectivity index (χ4v) is 4.82. The minimum atomic E-state index is -2.82. The van der Waals surface area contributed by atoms with Crippen molar-refractivity contribution < 1.29 is 13.6 Å². The average molecular weight is 478 g/mol. The molecule has 3 aromatic heterocycles. The maximum Gasteiger partial charge on any atom is 0.325 e. The van der Waals surface area contributed by atoms with Crippen LogP contribution in [-0.4, -0.2) is 54.4 Å². The average Bonchev–Trinajstić information content (AvgIpc) is 3.33. The van der Waals surface area contributed by atoms with E-state index in [1.807, 2.05) is 18.2 Å². The van der Waals surface area contributed by atoms with E-state index >= 15 is 0 Å². The molecule has 4 heterocycles. The van der Waals surface area contributed by atoms with Crippen LogP contribution < -0.4 is 11.2 Å². The summed E-state index contributed by atoms with van der Waals surface area (Å²) in [6.07, 6.45) is 5.21. The molecule has 178 valence electrons. The summed E-state index contributed by atoms with van der Waals surface area (Å²) in [6, 6.07) is 8.92. The number of hydrogen-bond acceptors (Lipinski definition) is 5. The van der Waals surface area contributed by atoms with E-state index in [1.54, 1.807) is 29.0 Å². The van der Waals surface area contributed by atoms with Crippen LogP contribution in [0.2, 0.25) is 0 Å². The molecule has 35 heavy (non-hydrogen) atoms. The molecule has 1 aliphatic heterocycles. The van der Waals surface area contributed by atoms with Crippen LogP contribution in [0, 0.1) is 0 Å². The number of aromatic nitrogens is 5. The Morgan fingerprint density at radius 2 is 1.94 bits per heavy atom. The van der Waals surface area contributed by atoms with E-state index < -0.39 is 23.7 Å². The summed E-state index contributed by atoms with van der Waals surface area (Å²) in [5.41, 5.74) is 2.57. The number of benzene rings is 1. The molecule has 0 spiro atoms. The van der Waals surface area contributed by atoms with E-state index in [2.05, 4.69) is 20.1 Å². The molecule has 0 radical (unpaired) electrons. The van der Waals surface area contributed by atoms with E-state index in [0.29, 0.717) is 16.9 Å². The Balaban J connectivity index is 1.27. The van der Waals surface area contributed by atoms with Gasteiger partial charge in [-0.15, -0.1) is 0 Å². The van der Waals surface area contributed by atoms with Gasteiger partial charge >= 0.3 is 5.69 Å². The number of likely N-dealkylation sites (tertiary alicyclic amines) is 1. The minimum absolute atomic E-state index is 0.0567. The lowest BCUT2D eigenvalue weighted by atomic mass is 10.0. The molecule has 6 rings (SSSR count). The number of imidazole rings is 1. The van der Waals surface area contributed by atoms with Gasteiger partial charge in [-0.3, -0.25) is 14.6 Å². The van der Waals surface area contributed by atoms with Crippen molar-refractivity contribution in [3.05, 3.63) is 86.5 Å². The third-order valence-electron chi connectivity index (χ3n) is 6.72. The van der Waals surface area contributed by atoms with Gasteiger partial charge in [0.15, 0.2) is 5.65 Å². The van der Waals surface area contributed by atoms with E-state index in [9.17, 15) is 23.2 Å². The predicted molar refractivity (Wildman–Crippen MR) is 122 cm³/mol. The van der Waals surface area contributed by atoms with Crippen molar-refractivity contribution in [3.8, 4) is 11.3 Å². The Bertz CT molecular complexity index is 1570. The number of hydrogen-bond donors (Lipinski definition) is 2.